The van der Waals surface area contributed by atoms with E-state index in [1.54, 1.807) is 12.1 Å². The Labute approximate surface area is 108 Å². The van der Waals surface area contributed by atoms with Crippen molar-refractivity contribution in [2.45, 2.75) is 17.7 Å². The van der Waals surface area contributed by atoms with Crippen molar-refractivity contribution in [2.75, 3.05) is 6.26 Å². The predicted octanol–water partition coefficient (Wildman–Crippen LogP) is 2.88. The molecular weight excluding hydrogens is 244 g/mol. The second-order valence-corrected chi connectivity index (χ2v) is 6.42. The fourth-order valence-electron chi connectivity index (χ4n) is 1.84. The van der Waals surface area contributed by atoms with Crippen molar-refractivity contribution in [2.24, 2.45) is 0 Å². The number of aryl methyl sites for hydroxylation is 2. The molecule has 0 unspecified atom stereocenters. The summed E-state index contributed by atoms with van der Waals surface area (Å²) in [7, 11) is -3.09. The molecule has 18 heavy (non-hydrogen) atoms. The summed E-state index contributed by atoms with van der Waals surface area (Å²) in [6, 6.07) is 17.4. The number of hydrogen-bond acceptors (Lipinski definition) is 2. The zero-order valence-corrected chi connectivity index (χ0v) is 11.2. The van der Waals surface area contributed by atoms with Crippen LogP contribution in [0.2, 0.25) is 0 Å². The molecule has 0 spiro atoms. The van der Waals surface area contributed by atoms with Crippen molar-refractivity contribution in [1.29, 1.82) is 0 Å². The molecular formula is C15H16O2S. The van der Waals surface area contributed by atoms with Crippen molar-refractivity contribution in [1.82, 2.24) is 0 Å². The van der Waals surface area contributed by atoms with Gasteiger partial charge in [-0.3, -0.25) is 0 Å². The zero-order chi connectivity index (χ0) is 13.0. The van der Waals surface area contributed by atoms with Gasteiger partial charge in [0.25, 0.3) is 0 Å². The highest BCUT2D eigenvalue weighted by molar-refractivity contribution is 7.90. The van der Waals surface area contributed by atoms with Crippen LogP contribution in [0.25, 0.3) is 0 Å². The monoisotopic (exact) mass is 260 g/mol. The van der Waals surface area contributed by atoms with Gasteiger partial charge < -0.3 is 0 Å². The van der Waals surface area contributed by atoms with E-state index in [1.807, 2.05) is 30.3 Å². The quantitative estimate of drug-likeness (QED) is 0.847. The van der Waals surface area contributed by atoms with E-state index < -0.39 is 9.84 Å². The van der Waals surface area contributed by atoms with Crippen LogP contribution >= 0.6 is 0 Å². The lowest BCUT2D eigenvalue weighted by molar-refractivity contribution is 0.602. The van der Waals surface area contributed by atoms with Gasteiger partial charge in [-0.1, -0.05) is 42.5 Å². The fraction of sp³-hybridized carbons (Fsp3) is 0.200. The highest BCUT2D eigenvalue weighted by Crippen LogP contribution is 2.12. The second kappa shape index (κ2) is 5.36. The van der Waals surface area contributed by atoms with Crippen LogP contribution < -0.4 is 0 Å². The lowest BCUT2D eigenvalue weighted by Gasteiger charge is -2.03. The summed E-state index contributed by atoms with van der Waals surface area (Å²) >= 11 is 0. The Bertz CT molecular complexity index is 599. The summed E-state index contributed by atoms with van der Waals surface area (Å²) < 4.78 is 22.6. The van der Waals surface area contributed by atoms with Crippen LogP contribution in [0.1, 0.15) is 11.1 Å². The Balaban J connectivity index is 2.03. The molecule has 0 saturated heterocycles. The van der Waals surface area contributed by atoms with E-state index in [4.69, 9.17) is 0 Å². The first-order valence-corrected chi connectivity index (χ1v) is 7.78. The molecule has 0 aromatic heterocycles. The summed E-state index contributed by atoms with van der Waals surface area (Å²) in [6.45, 7) is 0. The van der Waals surface area contributed by atoms with Gasteiger partial charge in [0.1, 0.15) is 0 Å². The Kier molecular flexibility index (Phi) is 3.82. The standard InChI is InChI=1S/C15H16O2S/c1-18(16,17)15-11-9-14(10-12-15)8-7-13-5-3-2-4-6-13/h2-6,9-12H,7-8H2,1H3. The molecule has 94 valence electrons. The minimum atomic E-state index is -3.09. The SMILES string of the molecule is CS(=O)(=O)c1ccc(CCc2ccccc2)cc1. The lowest BCUT2D eigenvalue weighted by atomic mass is 10.0. The topological polar surface area (TPSA) is 34.1 Å². The van der Waals surface area contributed by atoms with E-state index in [2.05, 4.69) is 12.1 Å². The molecule has 0 bridgehead atoms. The fourth-order valence-corrected chi connectivity index (χ4v) is 2.47. The molecule has 0 amide bonds. The Morgan fingerprint density at radius 2 is 1.28 bits per heavy atom. The molecule has 0 aliphatic rings. The first-order valence-electron chi connectivity index (χ1n) is 5.88. The van der Waals surface area contributed by atoms with E-state index in [9.17, 15) is 8.42 Å². The van der Waals surface area contributed by atoms with Gasteiger partial charge in [-0.25, -0.2) is 8.42 Å². The van der Waals surface area contributed by atoms with Crippen LogP contribution in [0.5, 0.6) is 0 Å². The Morgan fingerprint density at radius 1 is 0.778 bits per heavy atom. The van der Waals surface area contributed by atoms with Crippen molar-refractivity contribution >= 4 is 9.84 Å². The Morgan fingerprint density at radius 3 is 1.78 bits per heavy atom. The summed E-state index contributed by atoms with van der Waals surface area (Å²) in [4.78, 5) is 0.381. The molecule has 0 N–H and O–H groups in total. The molecule has 0 saturated carbocycles. The Hall–Kier alpha value is -1.61. The van der Waals surface area contributed by atoms with Gasteiger partial charge in [-0.05, 0) is 36.1 Å². The largest absolute Gasteiger partial charge is 0.224 e. The van der Waals surface area contributed by atoms with E-state index in [-0.39, 0.29) is 0 Å². The van der Waals surface area contributed by atoms with Crippen LogP contribution in [0.3, 0.4) is 0 Å². The molecule has 2 nitrogen and oxygen atoms in total. The van der Waals surface area contributed by atoms with Gasteiger partial charge in [0.05, 0.1) is 4.90 Å². The molecule has 2 rings (SSSR count). The van der Waals surface area contributed by atoms with Crippen LogP contribution in [0, 0.1) is 0 Å². The first-order chi connectivity index (χ1) is 8.55. The smallest absolute Gasteiger partial charge is 0.175 e. The summed E-state index contributed by atoms with van der Waals surface area (Å²) in [5.74, 6) is 0. The molecule has 3 heteroatoms. The first kappa shape index (κ1) is 12.8. The molecule has 0 aliphatic carbocycles. The third-order valence-corrected chi connectivity index (χ3v) is 4.03. The minimum absolute atomic E-state index is 0.381. The zero-order valence-electron chi connectivity index (χ0n) is 10.3. The predicted molar refractivity (Wildman–Crippen MR) is 73.4 cm³/mol. The molecule has 2 aromatic rings. The normalized spacial score (nSPS) is 11.4. The van der Waals surface area contributed by atoms with Crippen molar-refractivity contribution < 1.29 is 8.42 Å². The van der Waals surface area contributed by atoms with E-state index in [1.165, 1.54) is 11.8 Å². The molecule has 0 fully saturated rings. The third kappa shape index (κ3) is 3.44. The maximum absolute atomic E-state index is 11.3. The number of benzene rings is 2. The molecule has 0 heterocycles. The summed E-state index contributed by atoms with van der Waals surface area (Å²) in [5.41, 5.74) is 2.45. The van der Waals surface area contributed by atoms with Crippen LogP contribution in [0.4, 0.5) is 0 Å². The van der Waals surface area contributed by atoms with Crippen molar-refractivity contribution in [3.63, 3.8) is 0 Å². The average Bonchev–Trinajstić information content (AvgIpc) is 2.37. The maximum Gasteiger partial charge on any atom is 0.175 e. The highest BCUT2D eigenvalue weighted by Gasteiger charge is 2.05. The van der Waals surface area contributed by atoms with Gasteiger partial charge >= 0.3 is 0 Å². The van der Waals surface area contributed by atoms with E-state index in [0.717, 1.165) is 18.4 Å². The van der Waals surface area contributed by atoms with Crippen LogP contribution in [-0.2, 0) is 22.7 Å². The van der Waals surface area contributed by atoms with Crippen LogP contribution in [-0.4, -0.2) is 14.7 Å². The van der Waals surface area contributed by atoms with Crippen LogP contribution in [0.15, 0.2) is 59.5 Å². The van der Waals surface area contributed by atoms with Gasteiger partial charge in [-0.2, -0.15) is 0 Å². The molecule has 2 aromatic carbocycles. The highest BCUT2D eigenvalue weighted by atomic mass is 32.2. The second-order valence-electron chi connectivity index (χ2n) is 4.40. The average molecular weight is 260 g/mol. The van der Waals surface area contributed by atoms with Gasteiger partial charge in [0.2, 0.25) is 0 Å². The van der Waals surface area contributed by atoms with Crippen molar-refractivity contribution in [3.05, 3.63) is 65.7 Å². The van der Waals surface area contributed by atoms with Gasteiger partial charge in [0, 0.05) is 6.26 Å². The number of rotatable bonds is 4. The van der Waals surface area contributed by atoms with Crippen molar-refractivity contribution in [3.8, 4) is 0 Å². The van der Waals surface area contributed by atoms with Gasteiger partial charge in [-0.15, -0.1) is 0 Å². The molecule has 0 atom stereocenters. The third-order valence-electron chi connectivity index (χ3n) is 2.90. The number of hydrogen-bond donors (Lipinski definition) is 0. The van der Waals surface area contributed by atoms with E-state index in [0.29, 0.717) is 4.90 Å². The lowest BCUT2D eigenvalue weighted by Crippen LogP contribution is -1.97. The van der Waals surface area contributed by atoms with E-state index >= 15 is 0 Å². The minimum Gasteiger partial charge on any atom is -0.224 e. The number of sulfone groups is 1. The molecule has 0 aliphatic heterocycles. The molecule has 0 radical (unpaired) electrons. The maximum atomic E-state index is 11.3. The van der Waals surface area contributed by atoms with Gasteiger partial charge in [0.15, 0.2) is 9.84 Å². The summed E-state index contributed by atoms with van der Waals surface area (Å²) in [5, 5.41) is 0. The summed E-state index contributed by atoms with van der Waals surface area (Å²) in [6.07, 6.45) is 3.12.